The minimum absolute atomic E-state index is 0.113. The summed E-state index contributed by atoms with van der Waals surface area (Å²) in [7, 11) is -3.44. The quantitative estimate of drug-likeness (QED) is 0.861. The molecule has 124 valence electrons. The highest BCUT2D eigenvalue weighted by atomic mass is 32.2. The van der Waals surface area contributed by atoms with Gasteiger partial charge in [-0.2, -0.15) is 4.31 Å². The Morgan fingerprint density at radius 3 is 2.61 bits per heavy atom. The summed E-state index contributed by atoms with van der Waals surface area (Å²) in [4.78, 5) is 4.39. The van der Waals surface area contributed by atoms with Gasteiger partial charge in [-0.25, -0.2) is 17.8 Å². The van der Waals surface area contributed by atoms with Crippen molar-refractivity contribution in [3.8, 4) is 0 Å². The number of aromatic nitrogens is 2. The van der Waals surface area contributed by atoms with Crippen molar-refractivity contribution in [1.82, 2.24) is 13.9 Å². The van der Waals surface area contributed by atoms with Crippen molar-refractivity contribution in [2.75, 3.05) is 6.54 Å². The molecule has 23 heavy (non-hydrogen) atoms. The molecule has 2 aromatic rings. The Labute approximate surface area is 135 Å². The van der Waals surface area contributed by atoms with Crippen LogP contribution in [0.2, 0.25) is 0 Å². The topological polar surface area (TPSA) is 55.2 Å². The predicted molar refractivity (Wildman–Crippen MR) is 85.7 cm³/mol. The van der Waals surface area contributed by atoms with Crippen molar-refractivity contribution in [2.24, 2.45) is 0 Å². The van der Waals surface area contributed by atoms with E-state index in [-0.39, 0.29) is 17.6 Å². The summed E-state index contributed by atoms with van der Waals surface area (Å²) in [6.07, 6.45) is 2.41. The molecule has 0 saturated carbocycles. The van der Waals surface area contributed by atoms with Crippen LogP contribution in [0.4, 0.5) is 4.39 Å². The van der Waals surface area contributed by atoms with Crippen LogP contribution in [0.1, 0.15) is 36.8 Å². The van der Waals surface area contributed by atoms with E-state index in [1.54, 1.807) is 6.33 Å². The van der Waals surface area contributed by atoms with Gasteiger partial charge in [0.1, 0.15) is 5.82 Å². The summed E-state index contributed by atoms with van der Waals surface area (Å²) in [5.74, 6) is -0.479. The van der Waals surface area contributed by atoms with Crippen LogP contribution in [-0.4, -0.2) is 28.8 Å². The van der Waals surface area contributed by atoms with E-state index in [1.165, 1.54) is 28.6 Å². The smallest absolute Gasteiger partial charge is 0.218 e. The molecular weight excluding hydrogens is 317 g/mol. The Morgan fingerprint density at radius 1 is 1.26 bits per heavy atom. The molecule has 1 aromatic carbocycles. The second-order valence-electron chi connectivity index (χ2n) is 6.11. The van der Waals surface area contributed by atoms with Crippen LogP contribution in [0, 0.1) is 5.82 Å². The van der Waals surface area contributed by atoms with Crippen LogP contribution in [0.15, 0.2) is 30.6 Å². The summed E-state index contributed by atoms with van der Waals surface area (Å²) in [6, 6.07) is 5.84. The van der Waals surface area contributed by atoms with E-state index >= 15 is 0 Å². The molecule has 1 aliphatic heterocycles. The number of sulfonamides is 1. The number of halogens is 1. The van der Waals surface area contributed by atoms with Crippen molar-refractivity contribution in [2.45, 2.75) is 38.6 Å². The minimum Gasteiger partial charge on any atom is -0.331 e. The third kappa shape index (κ3) is 3.30. The van der Waals surface area contributed by atoms with E-state index in [4.69, 9.17) is 0 Å². The van der Waals surface area contributed by atoms with Gasteiger partial charge in [-0.05, 0) is 31.5 Å². The van der Waals surface area contributed by atoms with Crippen LogP contribution in [-0.2, 0) is 28.7 Å². The molecule has 1 aliphatic rings. The first-order chi connectivity index (χ1) is 10.9. The largest absolute Gasteiger partial charge is 0.331 e. The fourth-order valence-corrected chi connectivity index (χ4v) is 4.33. The Morgan fingerprint density at radius 2 is 1.96 bits per heavy atom. The van der Waals surface area contributed by atoms with Crippen molar-refractivity contribution in [3.63, 3.8) is 0 Å². The fourth-order valence-electron chi connectivity index (χ4n) is 2.85. The first-order valence-electron chi connectivity index (χ1n) is 7.63. The zero-order chi connectivity index (χ0) is 16.6. The van der Waals surface area contributed by atoms with Gasteiger partial charge < -0.3 is 4.57 Å². The van der Waals surface area contributed by atoms with E-state index in [2.05, 4.69) is 4.98 Å². The first-order valence-corrected chi connectivity index (χ1v) is 9.24. The maximum Gasteiger partial charge on any atom is 0.218 e. The number of nitrogens with zero attached hydrogens (tertiary/aromatic N) is 3. The van der Waals surface area contributed by atoms with E-state index in [1.807, 2.05) is 18.4 Å². The van der Waals surface area contributed by atoms with Gasteiger partial charge in [0.05, 0.1) is 30.0 Å². The van der Waals surface area contributed by atoms with Crippen molar-refractivity contribution in [3.05, 3.63) is 53.4 Å². The average Bonchev–Trinajstić information content (AvgIpc) is 2.92. The normalized spacial score (nSPS) is 15.8. The van der Waals surface area contributed by atoms with Crippen LogP contribution in [0.5, 0.6) is 0 Å². The molecule has 3 rings (SSSR count). The highest BCUT2D eigenvalue weighted by Crippen LogP contribution is 2.24. The lowest BCUT2D eigenvalue weighted by Gasteiger charge is -2.27. The lowest BCUT2D eigenvalue weighted by Crippen LogP contribution is -2.37. The summed E-state index contributed by atoms with van der Waals surface area (Å²) in [6.45, 7) is 4.88. The maximum absolute atomic E-state index is 13.0. The Balaban J connectivity index is 1.81. The third-order valence-corrected chi connectivity index (χ3v) is 5.92. The Bertz CT molecular complexity index is 797. The second-order valence-corrected chi connectivity index (χ2v) is 8.07. The molecule has 0 spiro atoms. The molecule has 2 heterocycles. The molecule has 0 fully saturated rings. The highest BCUT2D eigenvalue weighted by molar-refractivity contribution is 7.88. The van der Waals surface area contributed by atoms with Gasteiger partial charge in [0, 0.05) is 19.0 Å². The molecule has 0 saturated heterocycles. The minimum atomic E-state index is -3.44. The van der Waals surface area contributed by atoms with Gasteiger partial charge in [0.15, 0.2) is 0 Å². The van der Waals surface area contributed by atoms with Crippen LogP contribution >= 0.6 is 0 Å². The van der Waals surface area contributed by atoms with E-state index in [0.29, 0.717) is 25.1 Å². The number of hydrogen-bond donors (Lipinski definition) is 0. The van der Waals surface area contributed by atoms with Gasteiger partial charge in [0.2, 0.25) is 10.0 Å². The van der Waals surface area contributed by atoms with Gasteiger partial charge in [-0.15, -0.1) is 0 Å². The molecule has 0 amide bonds. The summed E-state index contributed by atoms with van der Waals surface area (Å²) < 4.78 is 41.8. The lowest BCUT2D eigenvalue weighted by molar-refractivity contribution is 0.371. The SMILES string of the molecule is CC(C)n1cnc2c1CN(S(=O)(=O)Cc1ccc(F)cc1)CC2. The predicted octanol–water partition coefficient (Wildman–Crippen LogP) is 2.49. The van der Waals surface area contributed by atoms with E-state index in [9.17, 15) is 12.8 Å². The van der Waals surface area contributed by atoms with Gasteiger partial charge in [-0.3, -0.25) is 0 Å². The first kappa shape index (κ1) is 16.1. The van der Waals surface area contributed by atoms with Crippen LogP contribution < -0.4 is 0 Å². The van der Waals surface area contributed by atoms with Gasteiger partial charge >= 0.3 is 0 Å². The zero-order valence-electron chi connectivity index (χ0n) is 13.2. The van der Waals surface area contributed by atoms with E-state index < -0.39 is 10.0 Å². The second kappa shape index (κ2) is 6.05. The molecule has 0 aliphatic carbocycles. The lowest BCUT2D eigenvalue weighted by atomic mass is 10.2. The van der Waals surface area contributed by atoms with Gasteiger partial charge in [0.25, 0.3) is 0 Å². The maximum atomic E-state index is 13.0. The highest BCUT2D eigenvalue weighted by Gasteiger charge is 2.29. The molecule has 5 nitrogen and oxygen atoms in total. The summed E-state index contributed by atoms with van der Waals surface area (Å²) >= 11 is 0. The van der Waals surface area contributed by atoms with Crippen molar-refractivity contribution in [1.29, 1.82) is 0 Å². The molecule has 0 N–H and O–H groups in total. The summed E-state index contributed by atoms with van der Waals surface area (Å²) in [5.41, 5.74) is 2.54. The fraction of sp³-hybridized carbons (Fsp3) is 0.438. The molecule has 0 atom stereocenters. The summed E-state index contributed by atoms with van der Waals surface area (Å²) in [5, 5.41) is 0. The zero-order valence-corrected chi connectivity index (χ0v) is 14.1. The number of imidazole rings is 1. The standard InChI is InChI=1S/C16H20FN3O2S/c1-12(2)20-11-18-15-7-8-19(9-16(15)20)23(21,22)10-13-3-5-14(17)6-4-13/h3-6,11-12H,7-10H2,1-2H3. The molecule has 0 bridgehead atoms. The Kier molecular flexibility index (Phi) is 4.25. The Hall–Kier alpha value is -1.73. The molecular formula is C16H20FN3O2S. The van der Waals surface area contributed by atoms with Crippen molar-refractivity contribution < 1.29 is 12.8 Å². The number of hydrogen-bond acceptors (Lipinski definition) is 3. The van der Waals surface area contributed by atoms with E-state index in [0.717, 1.165) is 11.4 Å². The number of rotatable bonds is 4. The van der Waals surface area contributed by atoms with Gasteiger partial charge in [-0.1, -0.05) is 12.1 Å². The molecule has 0 unspecified atom stereocenters. The van der Waals surface area contributed by atoms with Crippen LogP contribution in [0.25, 0.3) is 0 Å². The number of fused-ring (bicyclic) bond motifs is 1. The number of benzene rings is 1. The monoisotopic (exact) mass is 337 g/mol. The third-order valence-electron chi connectivity index (χ3n) is 4.12. The molecule has 1 aromatic heterocycles. The average molecular weight is 337 g/mol. The van der Waals surface area contributed by atoms with Crippen LogP contribution in [0.3, 0.4) is 0 Å². The molecule has 0 radical (unpaired) electrons. The molecule has 7 heteroatoms. The van der Waals surface area contributed by atoms with Crippen molar-refractivity contribution >= 4 is 10.0 Å².